The lowest BCUT2D eigenvalue weighted by molar-refractivity contribution is 0.250. The van der Waals surface area contributed by atoms with E-state index in [0.717, 1.165) is 12.0 Å². The van der Waals surface area contributed by atoms with Crippen molar-refractivity contribution in [1.29, 1.82) is 0 Å². The molecule has 0 amide bonds. The zero-order valence-electron chi connectivity index (χ0n) is 14.8. The number of rotatable bonds is 5. The molecule has 0 atom stereocenters. The van der Waals surface area contributed by atoms with Crippen molar-refractivity contribution in [3.05, 3.63) is 48.5 Å². The lowest BCUT2D eigenvalue weighted by Gasteiger charge is -2.34. The summed E-state index contributed by atoms with van der Waals surface area (Å²) < 4.78 is 28.2. The van der Waals surface area contributed by atoms with Crippen molar-refractivity contribution in [1.82, 2.24) is 4.31 Å². The van der Waals surface area contributed by atoms with Gasteiger partial charge in [-0.1, -0.05) is 37.3 Å². The molecule has 2 aromatic carbocycles. The van der Waals surface area contributed by atoms with E-state index >= 15 is 0 Å². The summed E-state index contributed by atoms with van der Waals surface area (Å²) in [4.78, 5) is 0.332. The van der Waals surface area contributed by atoms with E-state index in [1.807, 2.05) is 52.0 Å². The molecule has 2 N–H and O–H groups in total. The molecule has 0 unspecified atom stereocenters. The van der Waals surface area contributed by atoms with Crippen LogP contribution in [0.2, 0.25) is 0 Å². The summed E-state index contributed by atoms with van der Waals surface area (Å²) in [6.45, 7) is 8.24. The number of sulfonamides is 1. The quantitative estimate of drug-likeness (QED) is 0.828. The molecule has 0 radical (unpaired) electrons. The van der Waals surface area contributed by atoms with E-state index in [0.29, 0.717) is 22.7 Å². The number of nitrogens with zero attached hydrogens (tertiary/aromatic N) is 1. The third-order valence-corrected chi connectivity index (χ3v) is 6.07. The number of nitrogen functional groups attached to an aromatic ring is 1. The van der Waals surface area contributed by atoms with Crippen molar-refractivity contribution in [3.63, 3.8) is 0 Å². The van der Waals surface area contributed by atoms with Crippen LogP contribution in [0, 0.1) is 0 Å². The first-order valence-electron chi connectivity index (χ1n) is 8.15. The molecule has 0 aromatic heterocycles. The fourth-order valence-corrected chi connectivity index (χ4v) is 4.83. The van der Waals surface area contributed by atoms with Crippen LogP contribution in [0.5, 0.6) is 0 Å². The Labute approximate surface area is 145 Å². The molecule has 5 heteroatoms. The Morgan fingerprint density at radius 2 is 1.58 bits per heavy atom. The monoisotopic (exact) mass is 346 g/mol. The van der Waals surface area contributed by atoms with Crippen molar-refractivity contribution in [2.75, 3.05) is 12.3 Å². The minimum Gasteiger partial charge on any atom is -0.399 e. The third kappa shape index (κ3) is 3.79. The summed E-state index contributed by atoms with van der Waals surface area (Å²) in [6, 6.07) is 14.4. The maximum absolute atomic E-state index is 13.3. The number of anilines is 1. The Hall–Kier alpha value is -1.85. The van der Waals surface area contributed by atoms with Crippen molar-refractivity contribution in [3.8, 4) is 11.1 Å². The van der Waals surface area contributed by atoms with E-state index in [4.69, 9.17) is 5.73 Å². The summed E-state index contributed by atoms with van der Waals surface area (Å²) in [7, 11) is -3.61. The van der Waals surface area contributed by atoms with Gasteiger partial charge in [-0.25, -0.2) is 8.42 Å². The van der Waals surface area contributed by atoms with E-state index in [9.17, 15) is 8.42 Å². The highest BCUT2D eigenvalue weighted by atomic mass is 32.2. The maximum atomic E-state index is 13.3. The van der Waals surface area contributed by atoms with Gasteiger partial charge in [0.05, 0.1) is 4.90 Å². The highest BCUT2D eigenvalue weighted by Crippen LogP contribution is 2.32. The molecule has 24 heavy (non-hydrogen) atoms. The van der Waals surface area contributed by atoms with Gasteiger partial charge in [-0.05, 0) is 51.0 Å². The first kappa shape index (κ1) is 18.5. The minimum atomic E-state index is -3.61. The lowest BCUT2D eigenvalue weighted by Crippen LogP contribution is -2.46. The molecule has 0 saturated heterocycles. The first-order chi connectivity index (χ1) is 11.2. The number of nitrogens with two attached hydrogens (primary N) is 1. The number of hydrogen-bond donors (Lipinski definition) is 1. The predicted molar refractivity (Wildman–Crippen MR) is 100 cm³/mol. The predicted octanol–water partition coefficient (Wildman–Crippen LogP) is 4.14. The zero-order chi connectivity index (χ0) is 18.0. The Balaban J connectivity index is 2.61. The fraction of sp³-hybridized carbons (Fsp3) is 0.368. The molecule has 2 aromatic rings. The summed E-state index contributed by atoms with van der Waals surface area (Å²) in [6.07, 6.45) is 0.764. The maximum Gasteiger partial charge on any atom is 0.244 e. The van der Waals surface area contributed by atoms with E-state index in [1.165, 1.54) is 0 Å². The first-order valence-corrected chi connectivity index (χ1v) is 9.59. The molecule has 130 valence electrons. The van der Waals surface area contributed by atoms with E-state index in [1.54, 1.807) is 28.6 Å². The zero-order valence-corrected chi connectivity index (χ0v) is 15.6. The van der Waals surface area contributed by atoms with Crippen molar-refractivity contribution < 1.29 is 8.42 Å². The SMILES string of the molecule is CCCN(C(C)(C)C)S(=O)(=O)c1ccccc1-c1ccc(N)cc1. The third-order valence-electron chi connectivity index (χ3n) is 3.85. The average molecular weight is 346 g/mol. The van der Waals surface area contributed by atoms with Gasteiger partial charge >= 0.3 is 0 Å². The molecule has 0 aliphatic carbocycles. The fourth-order valence-electron chi connectivity index (χ4n) is 2.73. The highest BCUT2D eigenvalue weighted by molar-refractivity contribution is 7.89. The second-order valence-electron chi connectivity index (χ2n) is 6.87. The molecular formula is C19H26N2O2S. The molecule has 4 nitrogen and oxygen atoms in total. The molecule has 0 bridgehead atoms. The van der Waals surface area contributed by atoms with Crippen LogP contribution in [-0.2, 0) is 10.0 Å². The standard InChI is InChI=1S/C19H26N2O2S/c1-5-14-21(19(2,3)4)24(22,23)18-9-7-6-8-17(18)15-10-12-16(20)13-11-15/h6-13H,5,14,20H2,1-4H3. The highest BCUT2D eigenvalue weighted by Gasteiger charge is 2.34. The largest absolute Gasteiger partial charge is 0.399 e. The molecule has 0 aliphatic rings. The number of benzene rings is 2. The summed E-state index contributed by atoms with van der Waals surface area (Å²) >= 11 is 0. The summed E-state index contributed by atoms with van der Waals surface area (Å²) in [5.41, 5.74) is 7.46. The van der Waals surface area contributed by atoms with Gasteiger partial charge in [-0.15, -0.1) is 0 Å². The molecule has 2 rings (SSSR count). The van der Waals surface area contributed by atoms with E-state index < -0.39 is 15.6 Å². The van der Waals surface area contributed by atoms with Crippen LogP contribution in [0.15, 0.2) is 53.4 Å². The van der Waals surface area contributed by atoms with E-state index in [2.05, 4.69) is 0 Å². The van der Waals surface area contributed by atoms with Gasteiger partial charge in [0.2, 0.25) is 10.0 Å². The van der Waals surface area contributed by atoms with Crippen LogP contribution in [0.25, 0.3) is 11.1 Å². The van der Waals surface area contributed by atoms with E-state index in [-0.39, 0.29) is 0 Å². The molecule has 0 heterocycles. The van der Waals surface area contributed by atoms with Crippen LogP contribution in [0.3, 0.4) is 0 Å². The van der Waals surface area contributed by atoms with Crippen LogP contribution in [-0.4, -0.2) is 24.8 Å². The Morgan fingerprint density at radius 3 is 2.12 bits per heavy atom. The second-order valence-corrected chi connectivity index (χ2v) is 8.70. The topological polar surface area (TPSA) is 63.4 Å². The van der Waals surface area contributed by atoms with Crippen LogP contribution >= 0.6 is 0 Å². The molecular weight excluding hydrogens is 320 g/mol. The second kappa shape index (κ2) is 6.95. The molecule has 0 aliphatic heterocycles. The summed E-state index contributed by atoms with van der Waals surface area (Å²) in [5, 5.41) is 0. The molecule has 0 saturated carbocycles. The van der Waals surface area contributed by atoms with Gasteiger partial charge in [-0.2, -0.15) is 4.31 Å². The minimum absolute atomic E-state index is 0.332. The van der Waals surface area contributed by atoms with Crippen LogP contribution < -0.4 is 5.73 Å². The van der Waals surface area contributed by atoms with Crippen LogP contribution in [0.1, 0.15) is 34.1 Å². The molecule has 0 spiro atoms. The number of hydrogen-bond acceptors (Lipinski definition) is 3. The smallest absolute Gasteiger partial charge is 0.244 e. The van der Waals surface area contributed by atoms with Crippen molar-refractivity contribution in [2.45, 2.75) is 44.6 Å². The Kier molecular flexibility index (Phi) is 5.35. The average Bonchev–Trinajstić information content (AvgIpc) is 2.52. The normalized spacial score (nSPS) is 12.5. The Bertz CT molecular complexity index is 791. The van der Waals surface area contributed by atoms with Crippen molar-refractivity contribution in [2.24, 2.45) is 0 Å². The Morgan fingerprint density at radius 1 is 1.00 bits per heavy atom. The van der Waals surface area contributed by atoms with Gasteiger partial charge in [0, 0.05) is 23.3 Å². The van der Waals surface area contributed by atoms with Gasteiger partial charge in [0.25, 0.3) is 0 Å². The van der Waals surface area contributed by atoms with Gasteiger partial charge < -0.3 is 5.73 Å². The van der Waals surface area contributed by atoms with Crippen LogP contribution in [0.4, 0.5) is 5.69 Å². The summed E-state index contributed by atoms with van der Waals surface area (Å²) in [5.74, 6) is 0. The van der Waals surface area contributed by atoms with Crippen molar-refractivity contribution >= 4 is 15.7 Å². The van der Waals surface area contributed by atoms with Gasteiger partial charge in [-0.3, -0.25) is 0 Å². The molecule has 0 fully saturated rings. The van der Waals surface area contributed by atoms with Gasteiger partial charge in [0.15, 0.2) is 0 Å². The lowest BCUT2D eigenvalue weighted by atomic mass is 10.1. The van der Waals surface area contributed by atoms with Gasteiger partial charge in [0.1, 0.15) is 0 Å².